The molecule has 136 valence electrons. The van der Waals surface area contributed by atoms with Crippen molar-refractivity contribution in [3.05, 3.63) is 42.1 Å². The topological polar surface area (TPSA) is 93.7 Å². The number of fused-ring (bicyclic) bond motifs is 1. The SMILES string of the molecule is Cn1ncc2c(NC3(C)CCC3)nc(NCC(N)c3ccccc3)nc21. The quantitative estimate of drug-likeness (QED) is 0.632. The number of hydrogen-bond donors (Lipinski definition) is 3. The van der Waals surface area contributed by atoms with Gasteiger partial charge in [-0.25, -0.2) is 0 Å². The summed E-state index contributed by atoms with van der Waals surface area (Å²) in [5.41, 5.74) is 8.28. The molecule has 0 spiro atoms. The Balaban J connectivity index is 1.57. The van der Waals surface area contributed by atoms with E-state index in [0.29, 0.717) is 12.5 Å². The number of anilines is 2. The Kier molecular flexibility index (Phi) is 4.24. The number of rotatable bonds is 6. The molecule has 1 fully saturated rings. The van der Waals surface area contributed by atoms with Crippen LogP contribution >= 0.6 is 0 Å². The van der Waals surface area contributed by atoms with Gasteiger partial charge in [0.1, 0.15) is 5.82 Å². The van der Waals surface area contributed by atoms with Gasteiger partial charge in [0, 0.05) is 25.2 Å². The summed E-state index contributed by atoms with van der Waals surface area (Å²) in [6.45, 7) is 2.79. The van der Waals surface area contributed by atoms with Gasteiger partial charge in [0.25, 0.3) is 0 Å². The number of hydrogen-bond acceptors (Lipinski definition) is 6. The third-order valence-electron chi connectivity index (χ3n) is 5.18. The zero-order valence-corrected chi connectivity index (χ0v) is 15.2. The Labute approximate surface area is 153 Å². The van der Waals surface area contributed by atoms with Crippen LogP contribution in [-0.2, 0) is 7.05 Å². The lowest BCUT2D eigenvalue weighted by Crippen LogP contribution is -2.42. The predicted octanol–water partition coefficient (Wildman–Crippen LogP) is 2.83. The van der Waals surface area contributed by atoms with Gasteiger partial charge in [-0.1, -0.05) is 30.3 Å². The lowest BCUT2D eigenvalue weighted by molar-refractivity contribution is 0.306. The second-order valence-electron chi connectivity index (χ2n) is 7.34. The van der Waals surface area contributed by atoms with Crippen molar-refractivity contribution in [2.24, 2.45) is 12.8 Å². The number of aromatic nitrogens is 4. The van der Waals surface area contributed by atoms with Gasteiger partial charge in [0.2, 0.25) is 5.95 Å². The molecular weight excluding hydrogens is 326 g/mol. The normalized spacial score (nSPS) is 16.9. The Bertz CT molecular complexity index is 899. The summed E-state index contributed by atoms with van der Waals surface area (Å²) in [4.78, 5) is 9.32. The molecule has 0 aliphatic heterocycles. The van der Waals surface area contributed by atoms with Crippen LogP contribution in [0.5, 0.6) is 0 Å². The van der Waals surface area contributed by atoms with Gasteiger partial charge in [-0.15, -0.1) is 0 Å². The van der Waals surface area contributed by atoms with Crippen LogP contribution in [0.2, 0.25) is 0 Å². The first-order valence-electron chi connectivity index (χ1n) is 9.06. The summed E-state index contributed by atoms with van der Waals surface area (Å²) in [6.07, 6.45) is 5.38. The Morgan fingerprint density at radius 2 is 2.00 bits per heavy atom. The standard InChI is InChI=1S/C19H25N7/c1-19(9-6-10-19)25-16-14-11-22-26(2)17(14)24-18(23-16)21-12-15(20)13-7-4-3-5-8-13/h3-5,7-8,11,15H,6,9-10,12,20H2,1-2H3,(H2,21,23,24,25). The van der Waals surface area contributed by atoms with Crippen molar-refractivity contribution >= 4 is 22.8 Å². The molecule has 0 amide bonds. The summed E-state index contributed by atoms with van der Waals surface area (Å²) in [6, 6.07) is 9.91. The van der Waals surface area contributed by atoms with Gasteiger partial charge < -0.3 is 16.4 Å². The fraction of sp³-hybridized carbons (Fsp3) is 0.421. The van der Waals surface area contributed by atoms with Crippen LogP contribution in [0.3, 0.4) is 0 Å². The minimum atomic E-state index is -0.123. The van der Waals surface area contributed by atoms with Crippen LogP contribution in [0, 0.1) is 0 Å². The molecular formula is C19H25N7. The number of nitrogens with two attached hydrogens (primary N) is 1. The maximum absolute atomic E-state index is 6.28. The van der Waals surface area contributed by atoms with Crippen molar-refractivity contribution < 1.29 is 0 Å². The molecule has 26 heavy (non-hydrogen) atoms. The second kappa shape index (κ2) is 6.57. The first kappa shape index (κ1) is 16.8. The van der Waals surface area contributed by atoms with E-state index in [-0.39, 0.29) is 11.6 Å². The highest BCUT2D eigenvalue weighted by Crippen LogP contribution is 2.36. The third-order valence-corrected chi connectivity index (χ3v) is 5.18. The van der Waals surface area contributed by atoms with E-state index in [2.05, 4.69) is 27.6 Å². The van der Waals surface area contributed by atoms with Crippen LogP contribution in [-0.4, -0.2) is 31.8 Å². The monoisotopic (exact) mass is 351 g/mol. The molecule has 2 aromatic heterocycles. The number of aryl methyl sites for hydroxylation is 1. The zero-order valence-electron chi connectivity index (χ0n) is 15.2. The predicted molar refractivity (Wildman–Crippen MR) is 104 cm³/mol. The van der Waals surface area contributed by atoms with Crippen molar-refractivity contribution in [3.8, 4) is 0 Å². The van der Waals surface area contributed by atoms with Gasteiger partial charge >= 0.3 is 0 Å². The molecule has 1 unspecified atom stereocenters. The lowest BCUT2D eigenvalue weighted by Gasteiger charge is -2.39. The first-order valence-corrected chi connectivity index (χ1v) is 9.06. The minimum absolute atomic E-state index is 0.106. The Hall–Kier alpha value is -2.67. The smallest absolute Gasteiger partial charge is 0.226 e. The van der Waals surface area contributed by atoms with Crippen LogP contribution in [0.15, 0.2) is 36.5 Å². The molecule has 7 heteroatoms. The molecule has 0 bridgehead atoms. The maximum Gasteiger partial charge on any atom is 0.226 e. The van der Waals surface area contributed by atoms with Crippen LogP contribution in [0.25, 0.3) is 11.0 Å². The Morgan fingerprint density at radius 1 is 1.23 bits per heavy atom. The molecule has 1 aliphatic carbocycles. The zero-order chi connectivity index (χ0) is 18.1. The molecule has 4 rings (SSSR count). The van der Waals surface area contributed by atoms with Gasteiger partial charge in [-0.3, -0.25) is 4.68 Å². The summed E-state index contributed by atoms with van der Waals surface area (Å²) >= 11 is 0. The summed E-state index contributed by atoms with van der Waals surface area (Å²) in [7, 11) is 1.89. The third kappa shape index (κ3) is 3.22. The molecule has 3 aromatic rings. The highest BCUT2D eigenvalue weighted by Gasteiger charge is 2.32. The van der Waals surface area contributed by atoms with Gasteiger partial charge in [0.05, 0.1) is 11.6 Å². The van der Waals surface area contributed by atoms with Crippen molar-refractivity contribution in [2.75, 3.05) is 17.2 Å². The maximum atomic E-state index is 6.28. The van der Waals surface area contributed by atoms with E-state index >= 15 is 0 Å². The van der Waals surface area contributed by atoms with Crippen molar-refractivity contribution in [3.63, 3.8) is 0 Å². The Morgan fingerprint density at radius 3 is 2.69 bits per heavy atom. The number of benzene rings is 1. The largest absolute Gasteiger partial charge is 0.364 e. The van der Waals surface area contributed by atoms with E-state index in [9.17, 15) is 0 Å². The highest BCUT2D eigenvalue weighted by molar-refractivity contribution is 5.87. The van der Waals surface area contributed by atoms with Crippen molar-refractivity contribution in [2.45, 2.75) is 37.8 Å². The van der Waals surface area contributed by atoms with E-state index in [1.165, 1.54) is 6.42 Å². The fourth-order valence-corrected chi connectivity index (χ4v) is 3.33. The summed E-state index contributed by atoms with van der Waals surface area (Å²) in [5, 5.41) is 12.2. The van der Waals surface area contributed by atoms with E-state index in [4.69, 9.17) is 10.7 Å². The molecule has 0 saturated heterocycles. The molecule has 7 nitrogen and oxygen atoms in total. The summed E-state index contributed by atoms with van der Waals surface area (Å²) < 4.78 is 1.77. The average Bonchev–Trinajstić information content (AvgIpc) is 3.00. The number of nitrogens with one attached hydrogen (secondary N) is 2. The highest BCUT2D eigenvalue weighted by atomic mass is 15.3. The second-order valence-corrected chi connectivity index (χ2v) is 7.34. The number of nitrogens with zero attached hydrogens (tertiary/aromatic N) is 4. The van der Waals surface area contributed by atoms with Crippen LogP contribution in [0.1, 0.15) is 37.8 Å². The van der Waals surface area contributed by atoms with Gasteiger partial charge in [-0.2, -0.15) is 15.1 Å². The van der Waals surface area contributed by atoms with E-state index in [0.717, 1.165) is 35.3 Å². The molecule has 1 aliphatic rings. The van der Waals surface area contributed by atoms with E-state index in [1.54, 1.807) is 4.68 Å². The van der Waals surface area contributed by atoms with Gasteiger partial charge in [0.15, 0.2) is 5.65 Å². The van der Waals surface area contributed by atoms with Crippen molar-refractivity contribution in [1.82, 2.24) is 19.7 Å². The van der Waals surface area contributed by atoms with E-state index < -0.39 is 0 Å². The molecule has 1 aromatic carbocycles. The van der Waals surface area contributed by atoms with E-state index in [1.807, 2.05) is 43.6 Å². The lowest BCUT2D eigenvalue weighted by atomic mass is 9.78. The first-order chi connectivity index (χ1) is 12.5. The minimum Gasteiger partial charge on any atom is -0.364 e. The van der Waals surface area contributed by atoms with Crippen molar-refractivity contribution in [1.29, 1.82) is 0 Å². The molecule has 0 radical (unpaired) electrons. The summed E-state index contributed by atoms with van der Waals surface area (Å²) in [5.74, 6) is 1.40. The molecule has 4 N–H and O–H groups in total. The fourth-order valence-electron chi connectivity index (χ4n) is 3.33. The van der Waals surface area contributed by atoms with Crippen LogP contribution < -0.4 is 16.4 Å². The molecule has 2 heterocycles. The molecule has 1 atom stereocenters. The van der Waals surface area contributed by atoms with Crippen LogP contribution in [0.4, 0.5) is 11.8 Å². The molecule has 1 saturated carbocycles. The van der Waals surface area contributed by atoms with Gasteiger partial charge in [-0.05, 0) is 31.7 Å². The average molecular weight is 351 g/mol.